The topological polar surface area (TPSA) is 12.0 Å². The van der Waals surface area contributed by atoms with Crippen LogP contribution in [0.3, 0.4) is 0 Å². The molecule has 4 saturated carbocycles. The van der Waals surface area contributed by atoms with Gasteiger partial charge in [0.1, 0.15) is 0 Å². The fraction of sp³-hybridized carbons (Fsp3) is 0.714. The Labute approximate surface area is 134 Å². The molecular weight excluding hydrogens is 266 g/mol. The third-order valence-corrected chi connectivity index (χ3v) is 7.37. The molecule has 1 nitrogen and oxygen atoms in total. The van der Waals surface area contributed by atoms with E-state index in [0.29, 0.717) is 11.3 Å². The lowest BCUT2D eigenvalue weighted by atomic mass is 9.47. The summed E-state index contributed by atoms with van der Waals surface area (Å²) in [5.41, 5.74) is 5.25. The van der Waals surface area contributed by atoms with Crippen LogP contribution in [0.15, 0.2) is 18.2 Å². The van der Waals surface area contributed by atoms with Crippen molar-refractivity contribution in [3.63, 3.8) is 0 Å². The Morgan fingerprint density at radius 3 is 2.23 bits per heavy atom. The van der Waals surface area contributed by atoms with Gasteiger partial charge in [-0.15, -0.1) is 0 Å². The molecule has 6 rings (SSSR count). The normalized spacial score (nSPS) is 41.8. The molecule has 1 heteroatoms. The van der Waals surface area contributed by atoms with Crippen molar-refractivity contribution < 1.29 is 0 Å². The number of hydrogen-bond acceptors (Lipinski definition) is 1. The smallest absolute Gasteiger partial charge is 0.0411 e. The van der Waals surface area contributed by atoms with Gasteiger partial charge in [0.2, 0.25) is 0 Å². The second-order valence-corrected chi connectivity index (χ2v) is 9.22. The van der Waals surface area contributed by atoms with E-state index in [1.807, 2.05) is 0 Å². The number of benzene rings is 1. The molecule has 4 fully saturated rings. The van der Waals surface area contributed by atoms with E-state index in [4.69, 9.17) is 0 Å². The van der Waals surface area contributed by atoms with Crippen LogP contribution in [0.1, 0.15) is 69.4 Å². The Morgan fingerprint density at radius 2 is 1.64 bits per heavy atom. The third-order valence-electron chi connectivity index (χ3n) is 7.37. The molecule has 4 bridgehead atoms. The lowest BCUT2D eigenvalue weighted by Gasteiger charge is -2.59. The van der Waals surface area contributed by atoms with Crippen LogP contribution in [0.4, 0.5) is 5.69 Å². The van der Waals surface area contributed by atoms with Crippen LogP contribution >= 0.6 is 0 Å². The number of para-hydroxylation sites is 1. The summed E-state index contributed by atoms with van der Waals surface area (Å²) in [5, 5.41) is 4.04. The Kier molecular flexibility index (Phi) is 2.77. The van der Waals surface area contributed by atoms with Gasteiger partial charge >= 0.3 is 0 Å². The highest BCUT2D eigenvalue weighted by Crippen LogP contribution is 2.62. The minimum absolute atomic E-state index is 0.623. The van der Waals surface area contributed by atoms with Crippen molar-refractivity contribution in [1.82, 2.24) is 0 Å². The SMILES string of the molecule is CC(C)c1cccc2c1NC(C13CC4CC(CC(C4)C1)C3)C2. The lowest BCUT2D eigenvalue weighted by Crippen LogP contribution is -2.53. The molecule has 1 unspecified atom stereocenters. The van der Waals surface area contributed by atoms with Gasteiger partial charge in [0.15, 0.2) is 0 Å². The predicted octanol–water partition coefficient (Wildman–Crippen LogP) is 5.36. The molecule has 5 aliphatic rings. The maximum absolute atomic E-state index is 4.04. The fourth-order valence-corrected chi connectivity index (χ4v) is 6.87. The summed E-state index contributed by atoms with van der Waals surface area (Å²) >= 11 is 0. The van der Waals surface area contributed by atoms with Gasteiger partial charge in [-0.3, -0.25) is 0 Å². The molecule has 4 aliphatic carbocycles. The van der Waals surface area contributed by atoms with E-state index in [-0.39, 0.29) is 0 Å². The predicted molar refractivity (Wildman–Crippen MR) is 92.3 cm³/mol. The number of fused-ring (bicyclic) bond motifs is 1. The molecular formula is C21H29N. The van der Waals surface area contributed by atoms with Crippen molar-refractivity contribution in [1.29, 1.82) is 0 Å². The number of anilines is 1. The largest absolute Gasteiger partial charge is 0.381 e. The highest BCUT2D eigenvalue weighted by molar-refractivity contribution is 5.63. The van der Waals surface area contributed by atoms with E-state index in [1.54, 1.807) is 24.8 Å². The van der Waals surface area contributed by atoms with E-state index < -0.39 is 0 Å². The van der Waals surface area contributed by atoms with Crippen molar-refractivity contribution in [2.24, 2.45) is 23.2 Å². The van der Waals surface area contributed by atoms with Crippen molar-refractivity contribution in [3.05, 3.63) is 29.3 Å². The first-order valence-corrected chi connectivity index (χ1v) is 9.51. The average molecular weight is 295 g/mol. The second kappa shape index (κ2) is 4.52. The first-order chi connectivity index (χ1) is 10.6. The summed E-state index contributed by atoms with van der Waals surface area (Å²) in [5.74, 6) is 3.79. The molecule has 1 heterocycles. The molecule has 0 radical (unpaired) electrons. The first-order valence-electron chi connectivity index (χ1n) is 9.51. The van der Waals surface area contributed by atoms with Crippen molar-refractivity contribution >= 4 is 5.69 Å². The molecule has 0 aromatic heterocycles. The van der Waals surface area contributed by atoms with Crippen LogP contribution in [0.25, 0.3) is 0 Å². The standard InChI is InChI=1S/C21H29N/c1-13(2)18-5-3-4-17-9-19(22-20(17)18)21-10-14-6-15(11-21)8-16(7-14)12-21/h3-5,13-16,19,22H,6-12H2,1-2H3. The van der Waals surface area contributed by atoms with Crippen molar-refractivity contribution in [2.75, 3.05) is 5.32 Å². The molecule has 0 spiro atoms. The van der Waals surface area contributed by atoms with E-state index in [9.17, 15) is 0 Å². The molecule has 1 atom stereocenters. The van der Waals surface area contributed by atoms with Gasteiger partial charge in [-0.1, -0.05) is 32.0 Å². The minimum atomic E-state index is 0.623. The number of hydrogen-bond donors (Lipinski definition) is 1. The number of rotatable bonds is 2. The van der Waals surface area contributed by atoms with Crippen LogP contribution in [-0.4, -0.2) is 6.04 Å². The highest BCUT2D eigenvalue weighted by Gasteiger charge is 2.55. The molecule has 118 valence electrons. The first kappa shape index (κ1) is 13.5. The van der Waals surface area contributed by atoms with Crippen LogP contribution in [0.2, 0.25) is 0 Å². The van der Waals surface area contributed by atoms with Gasteiger partial charge in [-0.05, 0) is 85.2 Å². The van der Waals surface area contributed by atoms with Crippen molar-refractivity contribution in [3.8, 4) is 0 Å². The maximum atomic E-state index is 4.04. The highest BCUT2D eigenvalue weighted by atomic mass is 15.0. The molecule has 22 heavy (non-hydrogen) atoms. The maximum Gasteiger partial charge on any atom is 0.0411 e. The zero-order chi connectivity index (χ0) is 14.9. The molecule has 0 saturated heterocycles. The van der Waals surface area contributed by atoms with Crippen LogP contribution in [-0.2, 0) is 6.42 Å². The quantitative estimate of drug-likeness (QED) is 0.774. The molecule has 1 aromatic rings. The van der Waals surface area contributed by atoms with E-state index in [1.165, 1.54) is 36.9 Å². The Morgan fingerprint density at radius 1 is 1.00 bits per heavy atom. The van der Waals surface area contributed by atoms with Gasteiger partial charge < -0.3 is 5.32 Å². The summed E-state index contributed by atoms with van der Waals surface area (Å²) < 4.78 is 0. The van der Waals surface area contributed by atoms with E-state index in [0.717, 1.165) is 23.8 Å². The monoisotopic (exact) mass is 295 g/mol. The fourth-order valence-electron chi connectivity index (χ4n) is 6.87. The van der Waals surface area contributed by atoms with E-state index >= 15 is 0 Å². The van der Waals surface area contributed by atoms with Crippen LogP contribution in [0, 0.1) is 23.2 Å². The summed E-state index contributed by atoms with van der Waals surface area (Å²) in [6.07, 6.45) is 10.5. The minimum Gasteiger partial charge on any atom is -0.381 e. The Hall–Kier alpha value is -0.980. The van der Waals surface area contributed by atoms with Crippen LogP contribution in [0.5, 0.6) is 0 Å². The second-order valence-electron chi connectivity index (χ2n) is 9.22. The molecule has 1 aromatic carbocycles. The lowest BCUT2D eigenvalue weighted by molar-refractivity contribution is -0.0620. The van der Waals surface area contributed by atoms with Crippen LogP contribution < -0.4 is 5.32 Å². The third kappa shape index (κ3) is 1.83. The Balaban J connectivity index is 1.48. The van der Waals surface area contributed by atoms with Crippen molar-refractivity contribution in [2.45, 2.75) is 70.8 Å². The summed E-state index contributed by atoms with van der Waals surface area (Å²) in [4.78, 5) is 0. The molecule has 1 aliphatic heterocycles. The molecule has 1 N–H and O–H groups in total. The van der Waals surface area contributed by atoms with Gasteiger partial charge in [0, 0.05) is 11.7 Å². The van der Waals surface area contributed by atoms with Gasteiger partial charge in [0.05, 0.1) is 0 Å². The zero-order valence-corrected chi connectivity index (χ0v) is 14.1. The summed E-state index contributed by atoms with van der Waals surface area (Å²) in [6, 6.07) is 7.70. The molecule has 0 amide bonds. The number of nitrogens with one attached hydrogen (secondary N) is 1. The van der Waals surface area contributed by atoms with Gasteiger partial charge in [0.25, 0.3) is 0 Å². The average Bonchev–Trinajstić information content (AvgIpc) is 2.90. The zero-order valence-electron chi connectivity index (χ0n) is 14.1. The summed E-state index contributed by atoms with van der Waals surface area (Å²) in [7, 11) is 0. The van der Waals surface area contributed by atoms with E-state index in [2.05, 4.69) is 37.4 Å². The summed E-state index contributed by atoms with van der Waals surface area (Å²) in [6.45, 7) is 4.66. The van der Waals surface area contributed by atoms with Gasteiger partial charge in [-0.25, -0.2) is 0 Å². The Bertz CT molecular complexity index is 565. The van der Waals surface area contributed by atoms with Gasteiger partial charge in [-0.2, -0.15) is 0 Å².